The molecule has 1 N–H and O–H groups in total. The first-order valence-electron chi connectivity index (χ1n) is 6.92. The van der Waals surface area contributed by atoms with Gasteiger partial charge in [-0.25, -0.2) is 4.79 Å². The van der Waals surface area contributed by atoms with Gasteiger partial charge < -0.3 is 15.1 Å². The monoisotopic (exact) mass is 261 g/mol. The maximum Gasteiger partial charge on any atom is 0.317 e. The Hall–Kier alpha value is -1.55. The van der Waals surface area contributed by atoms with Crippen LogP contribution in [0.1, 0.15) is 11.1 Å². The molecule has 1 aliphatic heterocycles. The summed E-state index contributed by atoms with van der Waals surface area (Å²) in [5.74, 6) is 0. The average Bonchev–Trinajstić information content (AvgIpc) is 2.41. The van der Waals surface area contributed by atoms with Gasteiger partial charge in [0.1, 0.15) is 0 Å². The summed E-state index contributed by atoms with van der Waals surface area (Å²) in [5.41, 5.74) is 2.54. The highest BCUT2D eigenvalue weighted by Gasteiger charge is 2.18. The summed E-state index contributed by atoms with van der Waals surface area (Å²) >= 11 is 0. The van der Waals surface area contributed by atoms with Crippen LogP contribution in [-0.4, -0.2) is 55.6 Å². The third-order valence-corrected chi connectivity index (χ3v) is 3.60. The highest BCUT2D eigenvalue weighted by molar-refractivity contribution is 5.74. The van der Waals surface area contributed by atoms with Crippen molar-refractivity contribution in [3.63, 3.8) is 0 Å². The number of rotatable bonds is 3. The molecule has 19 heavy (non-hydrogen) atoms. The number of hydrogen-bond donors (Lipinski definition) is 1. The quantitative estimate of drug-likeness (QED) is 0.895. The van der Waals surface area contributed by atoms with Gasteiger partial charge in [0.2, 0.25) is 0 Å². The number of amides is 2. The smallest absolute Gasteiger partial charge is 0.317 e. The second-order valence-corrected chi connectivity index (χ2v) is 5.26. The number of nitrogens with zero attached hydrogens (tertiary/aromatic N) is 2. The lowest BCUT2D eigenvalue weighted by atomic mass is 10.1. The summed E-state index contributed by atoms with van der Waals surface area (Å²) in [7, 11) is 2.09. The van der Waals surface area contributed by atoms with Crippen molar-refractivity contribution in [2.24, 2.45) is 0 Å². The predicted octanol–water partition coefficient (Wildman–Crippen LogP) is 1.49. The van der Waals surface area contributed by atoms with Crippen molar-refractivity contribution in [3.05, 3.63) is 35.4 Å². The van der Waals surface area contributed by atoms with Crippen molar-refractivity contribution < 1.29 is 4.79 Å². The van der Waals surface area contributed by atoms with Crippen LogP contribution in [0.15, 0.2) is 24.3 Å². The van der Waals surface area contributed by atoms with Crippen LogP contribution in [0.25, 0.3) is 0 Å². The van der Waals surface area contributed by atoms with Crippen LogP contribution in [-0.2, 0) is 6.42 Å². The van der Waals surface area contributed by atoms with Gasteiger partial charge in [0.05, 0.1) is 0 Å². The first-order valence-corrected chi connectivity index (χ1v) is 6.92. The van der Waals surface area contributed by atoms with Crippen LogP contribution in [0.4, 0.5) is 4.79 Å². The van der Waals surface area contributed by atoms with Gasteiger partial charge in [0, 0.05) is 32.7 Å². The third kappa shape index (κ3) is 4.24. The number of aryl methyl sites for hydroxylation is 1. The zero-order valence-corrected chi connectivity index (χ0v) is 11.9. The first-order chi connectivity index (χ1) is 9.15. The summed E-state index contributed by atoms with van der Waals surface area (Å²) in [6, 6.07) is 8.53. The van der Waals surface area contributed by atoms with Crippen LogP contribution in [0.2, 0.25) is 0 Å². The van der Waals surface area contributed by atoms with E-state index in [2.05, 4.69) is 48.5 Å². The van der Waals surface area contributed by atoms with E-state index in [-0.39, 0.29) is 6.03 Å². The Morgan fingerprint density at radius 2 is 1.79 bits per heavy atom. The fraction of sp³-hybridized carbons (Fsp3) is 0.533. The predicted molar refractivity (Wildman–Crippen MR) is 77.4 cm³/mol. The van der Waals surface area contributed by atoms with Crippen molar-refractivity contribution in [1.82, 2.24) is 15.1 Å². The molecule has 4 nitrogen and oxygen atoms in total. The zero-order chi connectivity index (χ0) is 13.7. The summed E-state index contributed by atoms with van der Waals surface area (Å²) in [5, 5.41) is 3.00. The number of likely N-dealkylation sites (N-methyl/N-ethyl adjacent to an activating group) is 1. The van der Waals surface area contributed by atoms with Gasteiger partial charge >= 0.3 is 6.03 Å². The van der Waals surface area contributed by atoms with E-state index in [4.69, 9.17) is 0 Å². The lowest BCUT2D eigenvalue weighted by Crippen LogP contribution is -2.50. The summed E-state index contributed by atoms with van der Waals surface area (Å²) in [6.07, 6.45) is 0.889. The van der Waals surface area contributed by atoms with E-state index >= 15 is 0 Å². The molecule has 1 saturated heterocycles. The van der Waals surface area contributed by atoms with Crippen molar-refractivity contribution in [2.45, 2.75) is 13.3 Å². The van der Waals surface area contributed by atoms with E-state index < -0.39 is 0 Å². The minimum Gasteiger partial charge on any atom is -0.338 e. The number of urea groups is 1. The van der Waals surface area contributed by atoms with Crippen molar-refractivity contribution in [1.29, 1.82) is 0 Å². The topological polar surface area (TPSA) is 35.6 Å². The highest BCUT2D eigenvalue weighted by Crippen LogP contribution is 2.03. The molecular formula is C15H23N3O. The molecule has 1 aromatic rings. The van der Waals surface area contributed by atoms with Crippen LogP contribution in [0.5, 0.6) is 0 Å². The van der Waals surface area contributed by atoms with Gasteiger partial charge in [0.15, 0.2) is 0 Å². The zero-order valence-electron chi connectivity index (χ0n) is 11.9. The van der Waals surface area contributed by atoms with E-state index in [1.807, 2.05) is 4.90 Å². The van der Waals surface area contributed by atoms with E-state index in [0.29, 0.717) is 6.54 Å². The third-order valence-electron chi connectivity index (χ3n) is 3.60. The van der Waals surface area contributed by atoms with Crippen molar-refractivity contribution in [2.75, 3.05) is 39.8 Å². The SMILES string of the molecule is Cc1ccc(CCNC(=O)N2CCN(C)CC2)cc1. The molecule has 4 heteroatoms. The number of piperazine rings is 1. The minimum atomic E-state index is 0.0696. The molecule has 0 unspecified atom stereocenters. The Morgan fingerprint density at radius 3 is 2.42 bits per heavy atom. The van der Waals surface area contributed by atoms with E-state index in [0.717, 1.165) is 32.6 Å². The van der Waals surface area contributed by atoms with Crippen molar-refractivity contribution >= 4 is 6.03 Å². The molecule has 0 aromatic heterocycles. The van der Waals surface area contributed by atoms with Gasteiger partial charge in [-0.05, 0) is 26.0 Å². The molecule has 104 valence electrons. The standard InChI is InChI=1S/C15H23N3O/c1-13-3-5-14(6-4-13)7-8-16-15(19)18-11-9-17(2)10-12-18/h3-6H,7-12H2,1-2H3,(H,16,19). The van der Waals surface area contributed by atoms with Gasteiger partial charge in [0.25, 0.3) is 0 Å². The van der Waals surface area contributed by atoms with Gasteiger partial charge in [-0.1, -0.05) is 29.8 Å². The number of benzene rings is 1. The maximum absolute atomic E-state index is 11.9. The van der Waals surface area contributed by atoms with Crippen molar-refractivity contribution in [3.8, 4) is 0 Å². The minimum absolute atomic E-state index is 0.0696. The van der Waals surface area contributed by atoms with Gasteiger partial charge in [-0.2, -0.15) is 0 Å². The number of carbonyl (C=O) groups is 1. The van der Waals surface area contributed by atoms with E-state index in [9.17, 15) is 4.79 Å². The number of nitrogens with one attached hydrogen (secondary N) is 1. The Labute approximate surface area is 115 Å². The molecule has 0 radical (unpaired) electrons. The maximum atomic E-state index is 11.9. The molecule has 0 saturated carbocycles. The Kier molecular flexibility index (Phi) is 4.80. The summed E-state index contributed by atoms with van der Waals surface area (Å²) in [6.45, 7) is 6.36. The molecule has 0 spiro atoms. The lowest BCUT2D eigenvalue weighted by Gasteiger charge is -2.32. The lowest BCUT2D eigenvalue weighted by molar-refractivity contribution is 0.154. The Morgan fingerprint density at radius 1 is 1.16 bits per heavy atom. The molecular weight excluding hydrogens is 238 g/mol. The molecule has 0 atom stereocenters. The van der Waals surface area contributed by atoms with Crippen LogP contribution >= 0.6 is 0 Å². The van der Waals surface area contributed by atoms with Crippen LogP contribution < -0.4 is 5.32 Å². The molecule has 1 aliphatic rings. The van der Waals surface area contributed by atoms with Crippen LogP contribution in [0.3, 0.4) is 0 Å². The second kappa shape index (κ2) is 6.57. The van der Waals surface area contributed by atoms with Crippen LogP contribution in [0, 0.1) is 6.92 Å². The largest absolute Gasteiger partial charge is 0.338 e. The summed E-state index contributed by atoms with van der Waals surface area (Å²) < 4.78 is 0. The second-order valence-electron chi connectivity index (χ2n) is 5.26. The molecule has 2 amide bonds. The fourth-order valence-electron chi connectivity index (χ4n) is 2.19. The number of hydrogen-bond acceptors (Lipinski definition) is 2. The van der Waals surface area contributed by atoms with E-state index in [1.54, 1.807) is 0 Å². The molecule has 2 rings (SSSR count). The van der Waals surface area contributed by atoms with E-state index in [1.165, 1.54) is 11.1 Å². The average molecular weight is 261 g/mol. The fourth-order valence-corrected chi connectivity index (χ4v) is 2.19. The Bertz CT molecular complexity index is 408. The molecule has 0 aliphatic carbocycles. The number of carbonyl (C=O) groups excluding carboxylic acids is 1. The first kappa shape index (κ1) is 13.9. The molecule has 1 fully saturated rings. The normalized spacial score (nSPS) is 16.4. The molecule has 1 heterocycles. The van der Waals surface area contributed by atoms with Gasteiger partial charge in [-0.15, -0.1) is 0 Å². The highest BCUT2D eigenvalue weighted by atomic mass is 16.2. The Balaban J connectivity index is 1.70. The molecule has 0 bridgehead atoms. The molecule has 1 aromatic carbocycles. The van der Waals surface area contributed by atoms with Gasteiger partial charge in [-0.3, -0.25) is 0 Å². The summed E-state index contributed by atoms with van der Waals surface area (Å²) in [4.78, 5) is 16.1.